The van der Waals surface area contributed by atoms with Gasteiger partial charge < -0.3 is 14.2 Å². The lowest BCUT2D eigenvalue weighted by molar-refractivity contribution is -0.386. The molecular formula is C12H14N2O6. The second-order valence-corrected chi connectivity index (χ2v) is 4.20. The average Bonchev–Trinajstić information content (AvgIpc) is 2.47. The Morgan fingerprint density at radius 3 is 2.75 bits per heavy atom. The molecule has 1 aliphatic rings. The van der Waals surface area contributed by atoms with Gasteiger partial charge in [0.15, 0.2) is 5.69 Å². The van der Waals surface area contributed by atoms with E-state index in [1.165, 1.54) is 19.2 Å². The minimum Gasteiger partial charge on any atom is -0.469 e. The lowest BCUT2D eigenvalue weighted by Crippen LogP contribution is -2.26. The van der Waals surface area contributed by atoms with Gasteiger partial charge in [-0.1, -0.05) is 0 Å². The van der Waals surface area contributed by atoms with Crippen molar-refractivity contribution in [2.24, 2.45) is 0 Å². The Bertz CT molecular complexity index is 513. The fraction of sp³-hybridized carbons (Fsp3) is 0.500. The van der Waals surface area contributed by atoms with Crippen molar-refractivity contribution >= 4 is 11.7 Å². The number of carbonyl (C=O) groups excluding carboxylic acids is 1. The van der Waals surface area contributed by atoms with E-state index in [1.54, 1.807) is 0 Å². The molecule has 0 amide bonds. The van der Waals surface area contributed by atoms with Gasteiger partial charge >= 0.3 is 11.7 Å². The van der Waals surface area contributed by atoms with Gasteiger partial charge in [0.05, 0.1) is 25.2 Å². The Hall–Kier alpha value is -2.22. The Morgan fingerprint density at radius 1 is 1.45 bits per heavy atom. The summed E-state index contributed by atoms with van der Waals surface area (Å²) in [5, 5.41) is 11.0. The molecule has 8 nitrogen and oxygen atoms in total. The molecule has 2 heterocycles. The van der Waals surface area contributed by atoms with Crippen LogP contribution in [0.15, 0.2) is 12.1 Å². The lowest BCUT2D eigenvalue weighted by atomic mass is 10.1. The molecule has 0 saturated carbocycles. The number of rotatable bonds is 4. The Kier molecular flexibility index (Phi) is 4.46. The highest BCUT2D eigenvalue weighted by atomic mass is 16.6. The molecule has 8 heteroatoms. The number of ether oxygens (including phenoxy) is 3. The molecule has 1 aromatic heterocycles. The van der Waals surface area contributed by atoms with Crippen molar-refractivity contribution in [1.29, 1.82) is 0 Å². The zero-order valence-electron chi connectivity index (χ0n) is 10.9. The van der Waals surface area contributed by atoms with Crippen LogP contribution in [0.4, 0.5) is 5.69 Å². The number of pyridine rings is 1. The lowest BCUT2D eigenvalue weighted by Gasteiger charge is -2.22. The topological polar surface area (TPSA) is 101 Å². The van der Waals surface area contributed by atoms with E-state index >= 15 is 0 Å². The van der Waals surface area contributed by atoms with Gasteiger partial charge in [-0.15, -0.1) is 0 Å². The summed E-state index contributed by atoms with van der Waals surface area (Å²) in [6.07, 6.45) is 1.05. The quantitative estimate of drug-likeness (QED) is 0.466. The van der Waals surface area contributed by atoms with Gasteiger partial charge in [0.25, 0.3) is 5.88 Å². The third-order valence-electron chi connectivity index (χ3n) is 2.88. The Balaban J connectivity index is 2.26. The fourth-order valence-corrected chi connectivity index (χ4v) is 1.83. The molecule has 108 valence electrons. The number of hydrogen-bond donors (Lipinski definition) is 0. The molecule has 0 aliphatic carbocycles. The van der Waals surface area contributed by atoms with Gasteiger partial charge in [-0.25, -0.2) is 9.78 Å². The third kappa shape index (κ3) is 3.21. The fourth-order valence-electron chi connectivity index (χ4n) is 1.83. The molecule has 1 fully saturated rings. The number of aromatic nitrogens is 1. The summed E-state index contributed by atoms with van der Waals surface area (Å²) in [5.74, 6) is -0.832. The highest BCUT2D eigenvalue weighted by molar-refractivity contribution is 5.87. The van der Waals surface area contributed by atoms with Crippen LogP contribution in [0.25, 0.3) is 0 Å². The summed E-state index contributed by atoms with van der Waals surface area (Å²) in [7, 11) is 1.21. The van der Waals surface area contributed by atoms with Crippen molar-refractivity contribution in [3.63, 3.8) is 0 Å². The molecule has 20 heavy (non-hydrogen) atoms. The molecule has 2 rings (SSSR count). The van der Waals surface area contributed by atoms with Crippen LogP contribution >= 0.6 is 0 Å². The monoisotopic (exact) mass is 282 g/mol. The largest absolute Gasteiger partial charge is 0.469 e. The van der Waals surface area contributed by atoms with Crippen LogP contribution in [-0.2, 0) is 9.47 Å². The van der Waals surface area contributed by atoms with Crippen LogP contribution in [-0.4, -0.2) is 42.3 Å². The van der Waals surface area contributed by atoms with Crippen LogP contribution in [0.1, 0.15) is 23.3 Å². The first-order valence-electron chi connectivity index (χ1n) is 6.10. The van der Waals surface area contributed by atoms with Gasteiger partial charge in [0, 0.05) is 18.9 Å². The Labute approximate surface area is 114 Å². The van der Waals surface area contributed by atoms with Gasteiger partial charge in [-0.3, -0.25) is 10.1 Å². The SMILES string of the molecule is COC(=O)c1ccc([N+](=O)[O-])c(OC2CCOCC2)n1. The maximum absolute atomic E-state index is 11.4. The highest BCUT2D eigenvalue weighted by Gasteiger charge is 2.24. The molecule has 0 aromatic carbocycles. The summed E-state index contributed by atoms with van der Waals surface area (Å²) in [6, 6.07) is 2.43. The normalized spacial score (nSPS) is 15.7. The van der Waals surface area contributed by atoms with E-state index in [1.807, 2.05) is 0 Å². The molecule has 0 unspecified atom stereocenters. The maximum atomic E-state index is 11.4. The minimum absolute atomic E-state index is 0.0276. The van der Waals surface area contributed by atoms with E-state index in [4.69, 9.17) is 9.47 Å². The third-order valence-corrected chi connectivity index (χ3v) is 2.88. The zero-order chi connectivity index (χ0) is 14.5. The first-order chi connectivity index (χ1) is 9.61. The standard InChI is InChI=1S/C12H14N2O6/c1-18-12(15)9-2-3-10(14(16)17)11(13-9)20-8-4-6-19-7-5-8/h2-3,8H,4-7H2,1H3. The van der Waals surface area contributed by atoms with Crippen molar-refractivity contribution < 1.29 is 23.9 Å². The number of hydrogen-bond acceptors (Lipinski definition) is 7. The highest BCUT2D eigenvalue weighted by Crippen LogP contribution is 2.27. The van der Waals surface area contributed by atoms with Gasteiger partial charge in [-0.05, 0) is 6.07 Å². The molecule has 1 aliphatic heterocycles. The summed E-state index contributed by atoms with van der Waals surface area (Å²) < 4.78 is 15.3. The van der Waals surface area contributed by atoms with Crippen molar-refractivity contribution in [2.45, 2.75) is 18.9 Å². The predicted octanol–water partition coefficient (Wildman–Crippen LogP) is 1.33. The van der Waals surface area contributed by atoms with Gasteiger partial charge in [-0.2, -0.15) is 0 Å². The van der Waals surface area contributed by atoms with Crippen molar-refractivity contribution in [3.8, 4) is 5.88 Å². The second-order valence-electron chi connectivity index (χ2n) is 4.20. The Morgan fingerprint density at radius 2 is 2.15 bits per heavy atom. The average molecular weight is 282 g/mol. The van der Waals surface area contributed by atoms with E-state index < -0.39 is 10.9 Å². The van der Waals surface area contributed by atoms with Crippen LogP contribution in [0.2, 0.25) is 0 Å². The van der Waals surface area contributed by atoms with E-state index in [0.29, 0.717) is 26.1 Å². The van der Waals surface area contributed by atoms with Crippen LogP contribution in [0.3, 0.4) is 0 Å². The van der Waals surface area contributed by atoms with Crippen LogP contribution in [0.5, 0.6) is 5.88 Å². The van der Waals surface area contributed by atoms with E-state index in [0.717, 1.165) is 0 Å². The molecule has 0 spiro atoms. The number of nitro groups is 1. The number of carbonyl (C=O) groups is 1. The molecule has 1 saturated heterocycles. The summed E-state index contributed by atoms with van der Waals surface area (Å²) >= 11 is 0. The molecule has 1 aromatic rings. The predicted molar refractivity (Wildman–Crippen MR) is 66.7 cm³/mol. The summed E-state index contributed by atoms with van der Waals surface area (Å²) in [5.41, 5.74) is -0.302. The minimum atomic E-state index is -0.670. The van der Waals surface area contributed by atoms with Crippen LogP contribution < -0.4 is 4.74 Å². The second kappa shape index (κ2) is 6.29. The number of esters is 1. The van der Waals surface area contributed by atoms with Gasteiger partial charge in [0.1, 0.15) is 6.10 Å². The molecule has 0 radical (unpaired) electrons. The molecule has 0 bridgehead atoms. The van der Waals surface area contributed by atoms with Crippen molar-refractivity contribution in [1.82, 2.24) is 4.98 Å². The smallest absolute Gasteiger partial charge is 0.356 e. The molecule has 0 N–H and O–H groups in total. The maximum Gasteiger partial charge on any atom is 0.356 e. The summed E-state index contributed by atoms with van der Waals surface area (Å²) in [4.78, 5) is 25.7. The molecular weight excluding hydrogens is 268 g/mol. The summed E-state index contributed by atoms with van der Waals surface area (Å²) in [6.45, 7) is 1.07. The van der Waals surface area contributed by atoms with E-state index in [2.05, 4.69) is 9.72 Å². The first kappa shape index (κ1) is 14.2. The number of nitrogens with zero attached hydrogens (tertiary/aromatic N) is 2. The van der Waals surface area contributed by atoms with E-state index in [-0.39, 0.29) is 23.4 Å². The van der Waals surface area contributed by atoms with Crippen LogP contribution in [0, 0.1) is 10.1 Å². The first-order valence-corrected chi connectivity index (χ1v) is 6.10. The molecule has 0 atom stereocenters. The van der Waals surface area contributed by atoms with Gasteiger partial charge in [0.2, 0.25) is 0 Å². The number of methoxy groups -OCH3 is 1. The van der Waals surface area contributed by atoms with E-state index in [9.17, 15) is 14.9 Å². The van der Waals surface area contributed by atoms with Crippen molar-refractivity contribution in [2.75, 3.05) is 20.3 Å². The zero-order valence-corrected chi connectivity index (χ0v) is 10.9. The van der Waals surface area contributed by atoms with Crippen molar-refractivity contribution in [3.05, 3.63) is 27.9 Å².